The standard InChI is InChI=1S/C22H34INO4Si/c1-22(2,29(4,5)26)11-8-12-24-21(25)16-13-17(27-3)15-18(14-16)28-20-10-7-6-9-19(20)23/h6-7,9-10,14,17-18,26H,8,11-13,15H2,1-5H3,(H,24,25)/t17-,18-/m0/s1. The summed E-state index contributed by atoms with van der Waals surface area (Å²) in [5, 5.41) is 2.96. The molecule has 1 aliphatic carbocycles. The van der Waals surface area contributed by atoms with Crippen LogP contribution < -0.4 is 10.1 Å². The molecule has 29 heavy (non-hydrogen) atoms. The maximum Gasteiger partial charge on any atom is 0.247 e. The fraction of sp³-hybridized carbons (Fsp3) is 0.591. The third kappa shape index (κ3) is 7.08. The van der Waals surface area contributed by atoms with Crippen LogP contribution in [0.5, 0.6) is 5.75 Å². The van der Waals surface area contributed by atoms with Gasteiger partial charge in [0.2, 0.25) is 5.91 Å². The van der Waals surface area contributed by atoms with Gasteiger partial charge in [-0.05, 0) is 71.8 Å². The molecule has 162 valence electrons. The van der Waals surface area contributed by atoms with Gasteiger partial charge < -0.3 is 19.6 Å². The highest BCUT2D eigenvalue weighted by atomic mass is 127. The van der Waals surface area contributed by atoms with E-state index < -0.39 is 8.32 Å². The molecule has 1 aromatic carbocycles. The summed E-state index contributed by atoms with van der Waals surface area (Å²) in [6, 6.07) is 7.87. The van der Waals surface area contributed by atoms with Crippen LogP contribution >= 0.6 is 22.6 Å². The number of carbonyl (C=O) groups excluding carboxylic acids is 1. The highest BCUT2D eigenvalue weighted by Crippen LogP contribution is 2.39. The van der Waals surface area contributed by atoms with E-state index in [0.717, 1.165) is 34.2 Å². The normalized spacial score (nSPS) is 20.2. The zero-order chi connectivity index (χ0) is 21.7. The van der Waals surface area contributed by atoms with E-state index >= 15 is 0 Å². The molecule has 7 heteroatoms. The minimum Gasteiger partial charge on any atom is -0.485 e. The maximum atomic E-state index is 12.7. The van der Waals surface area contributed by atoms with Crippen molar-refractivity contribution in [1.29, 1.82) is 0 Å². The van der Waals surface area contributed by atoms with Gasteiger partial charge in [0.1, 0.15) is 11.9 Å². The quantitative estimate of drug-likeness (QED) is 0.277. The predicted octanol–water partition coefficient (Wildman–Crippen LogP) is 4.65. The predicted molar refractivity (Wildman–Crippen MR) is 128 cm³/mol. The minimum atomic E-state index is -2.22. The van der Waals surface area contributed by atoms with E-state index in [1.54, 1.807) is 7.11 Å². The number of methoxy groups -OCH3 is 1. The highest BCUT2D eigenvalue weighted by Gasteiger charge is 2.37. The highest BCUT2D eigenvalue weighted by molar-refractivity contribution is 14.1. The molecule has 0 aliphatic heterocycles. The fourth-order valence-electron chi connectivity index (χ4n) is 3.23. The molecule has 1 aromatic rings. The molecule has 0 bridgehead atoms. The van der Waals surface area contributed by atoms with Gasteiger partial charge in [-0.15, -0.1) is 0 Å². The lowest BCUT2D eigenvalue weighted by Gasteiger charge is -2.35. The molecule has 2 rings (SSSR count). The van der Waals surface area contributed by atoms with E-state index in [-0.39, 0.29) is 23.2 Å². The molecular weight excluding hydrogens is 497 g/mol. The van der Waals surface area contributed by atoms with E-state index in [1.807, 2.05) is 43.4 Å². The van der Waals surface area contributed by atoms with Crippen LogP contribution in [0.4, 0.5) is 0 Å². The first-order valence-electron chi connectivity index (χ1n) is 10.2. The summed E-state index contributed by atoms with van der Waals surface area (Å²) in [6.07, 6.45) is 4.76. The van der Waals surface area contributed by atoms with Crippen molar-refractivity contribution in [3.05, 3.63) is 39.5 Å². The molecule has 0 saturated carbocycles. The first-order chi connectivity index (χ1) is 13.5. The van der Waals surface area contributed by atoms with Crippen molar-refractivity contribution in [3.8, 4) is 5.75 Å². The molecule has 0 radical (unpaired) electrons. The monoisotopic (exact) mass is 531 g/mol. The average molecular weight is 532 g/mol. The largest absolute Gasteiger partial charge is 0.485 e. The second-order valence-corrected chi connectivity index (χ2v) is 14.5. The first kappa shape index (κ1) is 24.4. The SMILES string of the molecule is CO[C@H]1CC(C(=O)NCCCC(C)(C)[Si](C)(C)O)=C[C@H](Oc2ccccc2I)C1. The molecule has 1 amide bonds. The van der Waals surface area contributed by atoms with Crippen molar-refractivity contribution >= 4 is 36.8 Å². The van der Waals surface area contributed by atoms with E-state index in [0.29, 0.717) is 13.0 Å². The first-order valence-corrected chi connectivity index (χ1v) is 14.2. The van der Waals surface area contributed by atoms with Crippen LogP contribution in [0.25, 0.3) is 0 Å². The van der Waals surface area contributed by atoms with Crippen LogP contribution in [-0.4, -0.2) is 44.9 Å². The molecule has 1 aliphatic rings. The lowest BCUT2D eigenvalue weighted by Crippen LogP contribution is -2.39. The summed E-state index contributed by atoms with van der Waals surface area (Å²) in [7, 11) is -0.539. The topological polar surface area (TPSA) is 67.8 Å². The summed E-state index contributed by atoms with van der Waals surface area (Å²) in [6.45, 7) is 8.76. The third-order valence-corrected chi connectivity index (χ3v) is 10.4. The Morgan fingerprint density at radius 2 is 2.03 bits per heavy atom. The Kier molecular flexibility index (Phi) is 8.75. The van der Waals surface area contributed by atoms with E-state index in [2.05, 4.69) is 41.8 Å². The number of rotatable bonds is 9. The summed E-state index contributed by atoms with van der Waals surface area (Å²) < 4.78 is 12.7. The van der Waals surface area contributed by atoms with E-state index in [1.165, 1.54) is 0 Å². The Bertz CT molecular complexity index is 730. The number of hydrogen-bond acceptors (Lipinski definition) is 4. The fourth-order valence-corrected chi connectivity index (χ4v) is 4.54. The van der Waals surface area contributed by atoms with Crippen molar-refractivity contribution in [2.75, 3.05) is 13.7 Å². The summed E-state index contributed by atoms with van der Waals surface area (Å²) in [5.74, 6) is 0.769. The van der Waals surface area contributed by atoms with Gasteiger partial charge in [-0.3, -0.25) is 4.79 Å². The number of ether oxygens (including phenoxy) is 2. The van der Waals surface area contributed by atoms with Gasteiger partial charge in [0, 0.05) is 32.1 Å². The minimum absolute atomic E-state index is 0.0350. The van der Waals surface area contributed by atoms with Crippen molar-refractivity contribution in [2.24, 2.45) is 0 Å². The number of benzene rings is 1. The van der Waals surface area contributed by atoms with Crippen molar-refractivity contribution in [1.82, 2.24) is 5.32 Å². The molecule has 0 fully saturated rings. The summed E-state index contributed by atoms with van der Waals surface area (Å²) >= 11 is 2.25. The molecular formula is C22H34INO4Si. The summed E-state index contributed by atoms with van der Waals surface area (Å²) in [5.41, 5.74) is 0.718. The zero-order valence-electron chi connectivity index (χ0n) is 18.1. The lowest BCUT2D eigenvalue weighted by atomic mass is 9.94. The van der Waals surface area contributed by atoms with Crippen LogP contribution in [0.15, 0.2) is 35.9 Å². The van der Waals surface area contributed by atoms with Gasteiger partial charge in [0.25, 0.3) is 0 Å². The van der Waals surface area contributed by atoms with Gasteiger partial charge in [-0.1, -0.05) is 26.0 Å². The number of nitrogens with one attached hydrogen (secondary N) is 1. The second-order valence-electron chi connectivity index (χ2n) is 8.88. The van der Waals surface area contributed by atoms with Crippen LogP contribution in [0.2, 0.25) is 18.1 Å². The second kappa shape index (κ2) is 10.4. The lowest BCUT2D eigenvalue weighted by molar-refractivity contribution is -0.118. The molecule has 5 nitrogen and oxygen atoms in total. The third-order valence-electron chi connectivity index (χ3n) is 5.99. The smallest absolute Gasteiger partial charge is 0.247 e. The van der Waals surface area contributed by atoms with Crippen molar-refractivity contribution in [2.45, 2.75) is 69.9 Å². The van der Waals surface area contributed by atoms with Crippen LogP contribution in [0, 0.1) is 3.57 Å². The molecule has 0 saturated heterocycles. The van der Waals surface area contributed by atoms with Crippen LogP contribution in [-0.2, 0) is 9.53 Å². The van der Waals surface area contributed by atoms with Gasteiger partial charge in [0.15, 0.2) is 8.32 Å². The summed E-state index contributed by atoms with van der Waals surface area (Å²) in [4.78, 5) is 23.1. The Labute approximate surface area is 189 Å². The van der Waals surface area contributed by atoms with E-state index in [4.69, 9.17) is 9.47 Å². The maximum absolute atomic E-state index is 12.7. The van der Waals surface area contributed by atoms with Crippen molar-refractivity contribution in [3.63, 3.8) is 0 Å². The van der Waals surface area contributed by atoms with Gasteiger partial charge in [-0.2, -0.15) is 0 Å². The molecule has 2 atom stereocenters. The molecule has 0 heterocycles. The molecule has 0 unspecified atom stereocenters. The van der Waals surface area contributed by atoms with Gasteiger partial charge >= 0.3 is 0 Å². The zero-order valence-corrected chi connectivity index (χ0v) is 21.3. The van der Waals surface area contributed by atoms with Crippen LogP contribution in [0.1, 0.15) is 39.5 Å². The number of amides is 1. The Balaban J connectivity index is 1.95. The molecule has 2 N–H and O–H groups in total. The molecule has 0 spiro atoms. The number of hydrogen-bond donors (Lipinski definition) is 2. The van der Waals surface area contributed by atoms with E-state index in [9.17, 15) is 9.59 Å². The van der Waals surface area contributed by atoms with Gasteiger partial charge in [-0.25, -0.2) is 0 Å². The average Bonchev–Trinajstić information content (AvgIpc) is 2.65. The number of halogens is 1. The Hall–Kier alpha value is -0.903. The van der Waals surface area contributed by atoms with Crippen molar-refractivity contribution < 1.29 is 19.1 Å². The Morgan fingerprint density at radius 1 is 1.34 bits per heavy atom. The van der Waals surface area contributed by atoms with Crippen LogP contribution in [0.3, 0.4) is 0 Å². The number of para-hydroxylation sites is 1. The number of carbonyl (C=O) groups is 1. The Morgan fingerprint density at radius 3 is 2.66 bits per heavy atom. The molecule has 0 aromatic heterocycles. The van der Waals surface area contributed by atoms with Gasteiger partial charge in [0.05, 0.1) is 9.67 Å².